The molecule has 152 valence electrons. The van der Waals surface area contributed by atoms with Crippen molar-refractivity contribution in [3.63, 3.8) is 0 Å². The fourth-order valence-corrected chi connectivity index (χ4v) is 5.56. The van der Waals surface area contributed by atoms with Crippen molar-refractivity contribution in [2.75, 3.05) is 6.61 Å². The largest absolute Gasteiger partial charge is 0.508 e. The summed E-state index contributed by atoms with van der Waals surface area (Å²) in [4.78, 5) is 1.31. The van der Waals surface area contributed by atoms with Crippen LogP contribution < -0.4 is 0 Å². The zero-order valence-electron chi connectivity index (χ0n) is 16.3. The molecule has 0 radical (unpaired) electrons. The molecular formula is C24H26O4S. The summed E-state index contributed by atoms with van der Waals surface area (Å²) in [6, 6.07) is 14.7. The van der Waals surface area contributed by atoms with Crippen molar-refractivity contribution in [3.8, 4) is 5.75 Å². The third kappa shape index (κ3) is 3.92. The number of thiophene rings is 1. The van der Waals surface area contributed by atoms with Crippen LogP contribution in [0.2, 0.25) is 0 Å². The van der Waals surface area contributed by atoms with E-state index in [2.05, 4.69) is 36.4 Å². The molecule has 0 amide bonds. The summed E-state index contributed by atoms with van der Waals surface area (Å²) in [7, 11) is 0. The normalized spacial score (nSPS) is 24.8. The Kier molecular flexibility index (Phi) is 5.08. The first-order valence-electron chi connectivity index (χ1n) is 10.4. The Hall–Kier alpha value is -1.92. The highest BCUT2D eigenvalue weighted by Gasteiger charge is 2.33. The number of phenolic OH excluding ortho intramolecular Hbond substituents is 1. The molecule has 2 aliphatic rings. The molecule has 3 atom stereocenters. The van der Waals surface area contributed by atoms with Crippen molar-refractivity contribution >= 4 is 21.4 Å². The summed E-state index contributed by atoms with van der Waals surface area (Å²) in [5.41, 5.74) is 3.19. The molecule has 2 fully saturated rings. The monoisotopic (exact) mass is 410 g/mol. The molecule has 0 spiro atoms. The van der Waals surface area contributed by atoms with Crippen LogP contribution in [-0.4, -0.2) is 34.1 Å². The highest BCUT2D eigenvalue weighted by atomic mass is 32.1. The second-order valence-electron chi connectivity index (χ2n) is 8.37. The Morgan fingerprint density at radius 1 is 1.03 bits per heavy atom. The van der Waals surface area contributed by atoms with Gasteiger partial charge < -0.3 is 20.1 Å². The third-order valence-electron chi connectivity index (χ3n) is 6.08. The minimum atomic E-state index is -0.528. The van der Waals surface area contributed by atoms with Gasteiger partial charge in [0.05, 0.1) is 24.9 Å². The van der Waals surface area contributed by atoms with Crippen LogP contribution in [0, 0.1) is 0 Å². The van der Waals surface area contributed by atoms with E-state index in [4.69, 9.17) is 4.74 Å². The van der Waals surface area contributed by atoms with Gasteiger partial charge in [0.25, 0.3) is 0 Å². The van der Waals surface area contributed by atoms with Gasteiger partial charge in [-0.2, -0.15) is 0 Å². The van der Waals surface area contributed by atoms with Crippen LogP contribution in [0.15, 0.2) is 42.5 Å². The zero-order valence-corrected chi connectivity index (χ0v) is 17.1. The Morgan fingerprint density at radius 2 is 1.86 bits per heavy atom. The Morgan fingerprint density at radius 3 is 2.62 bits per heavy atom. The molecule has 1 saturated carbocycles. The molecule has 29 heavy (non-hydrogen) atoms. The predicted octanol–water partition coefficient (Wildman–Crippen LogP) is 4.65. The lowest BCUT2D eigenvalue weighted by Gasteiger charge is -2.33. The number of hydrogen-bond donors (Lipinski definition) is 3. The molecule has 0 bridgehead atoms. The second-order valence-corrected chi connectivity index (χ2v) is 9.53. The lowest BCUT2D eigenvalue weighted by molar-refractivity contribution is -0.114. The summed E-state index contributed by atoms with van der Waals surface area (Å²) in [6.07, 6.45) is 2.73. The molecule has 3 aromatic rings. The molecule has 1 aromatic heterocycles. The number of aromatic hydroxyl groups is 1. The summed E-state index contributed by atoms with van der Waals surface area (Å²) >= 11 is 1.82. The maximum atomic E-state index is 10.7. The van der Waals surface area contributed by atoms with E-state index in [1.165, 1.54) is 38.9 Å². The van der Waals surface area contributed by atoms with E-state index in [0.29, 0.717) is 18.8 Å². The van der Waals surface area contributed by atoms with Gasteiger partial charge in [-0.3, -0.25) is 0 Å². The fraction of sp³-hybridized carbons (Fsp3) is 0.417. The van der Waals surface area contributed by atoms with E-state index in [1.807, 2.05) is 17.4 Å². The van der Waals surface area contributed by atoms with Gasteiger partial charge >= 0.3 is 0 Å². The Bertz CT molecular complexity index is 990. The minimum absolute atomic E-state index is 0.122. The number of benzene rings is 2. The molecule has 2 heterocycles. The molecule has 1 aliphatic heterocycles. The number of aliphatic hydroxyl groups excluding tert-OH is 2. The van der Waals surface area contributed by atoms with Gasteiger partial charge in [0.2, 0.25) is 0 Å². The van der Waals surface area contributed by atoms with Crippen molar-refractivity contribution in [1.29, 1.82) is 0 Å². The Labute approximate surface area is 174 Å². The highest BCUT2D eigenvalue weighted by molar-refractivity contribution is 7.19. The number of rotatable bonds is 5. The van der Waals surface area contributed by atoms with Crippen LogP contribution in [0.5, 0.6) is 5.75 Å². The molecule has 3 unspecified atom stereocenters. The fourth-order valence-electron chi connectivity index (χ4n) is 4.47. The number of aliphatic hydroxyl groups is 2. The first kappa shape index (κ1) is 19.1. The molecular weight excluding hydrogens is 384 g/mol. The molecule has 1 saturated heterocycles. The van der Waals surface area contributed by atoms with Crippen molar-refractivity contribution in [3.05, 3.63) is 64.0 Å². The van der Waals surface area contributed by atoms with Crippen molar-refractivity contribution in [1.82, 2.24) is 0 Å². The predicted molar refractivity (Wildman–Crippen MR) is 115 cm³/mol. The van der Waals surface area contributed by atoms with Crippen LogP contribution in [0.1, 0.15) is 59.3 Å². The molecule has 3 N–H and O–H groups in total. The van der Waals surface area contributed by atoms with Gasteiger partial charge in [-0.15, -0.1) is 11.3 Å². The van der Waals surface area contributed by atoms with E-state index in [-0.39, 0.29) is 12.4 Å². The van der Waals surface area contributed by atoms with E-state index in [9.17, 15) is 15.3 Å². The number of ether oxygens (including phenoxy) is 1. The van der Waals surface area contributed by atoms with E-state index < -0.39 is 18.3 Å². The average Bonchev–Trinajstić information content (AvgIpc) is 3.47. The molecule has 4 nitrogen and oxygen atoms in total. The maximum Gasteiger partial charge on any atom is 0.121 e. The third-order valence-corrected chi connectivity index (χ3v) is 7.19. The van der Waals surface area contributed by atoms with Crippen LogP contribution in [0.4, 0.5) is 0 Å². The SMILES string of the molecule is OCC1CC(O)CC(c2cc(Cc3cc4ccccc4s3)c(C3CC3)cc2O)O1. The summed E-state index contributed by atoms with van der Waals surface area (Å²) in [6.45, 7) is -0.122. The first-order valence-corrected chi connectivity index (χ1v) is 11.2. The smallest absolute Gasteiger partial charge is 0.121 e. The van der Waals surface area contributed by atoms with E-state index >= 15 is 0 Å². The van der Waals surface area contributed by atoms with Crippen molar-refractivity contribution in [2.45, 2.75) is 56.3 Å². The van der Waals surface area contributed by atoms with E-state index in [0.717, 1.165) is 12.0 Å². The van der Waals surface area contributed by atoms with Crippen LogP contribution >= 0.6 is 11.3 Å². The maximum absolute atomic E-state index is 10.7. The Balaban J connectivity index is 1.50. The van der Waals surface area contributed by atoms with Gasteiger partial charge in [0.15, 0.2) is 0 Å². The average molecular weight is 411 g/mol. The number of fused-ring (bicyclic) bond motifs is 1. The van der Waals surface area contributed by atoms with Gasteiger partial charge in [-0.25, -0.2) is 0 Å². The molecule has 1 aliphatic carbocycles. The van der Waals surface area contributed by atoms with E-state index in [1.54, 1.807) is 0 Å². The molecule has 2 aromatic carbocycles. The number of phenols is 1. The quantitative estimate of drug-likeness (QED) is 0.573. The van der Waals surface area contributed by atoms with Crippen LogP contribution in [0.25, 0.3) is 10.1 Å². The van der Waals surface area contributed by atoms with Crippen LogP contribution in [-0.2, 0) is 11.2 Å². The summed E-state index contributed by atoms with van der Waals surface area (Å²) in [5, 5.41) is 31.7. The minimum Gasteiger partial charge on any atom is -0.508 e. The topological polar surface area (TPSA) is 69.9 Å². The van der Waals surface area contributed by atoms with Gasteiger partial charge in [-0.1, -0.05) is 18.2 Å². The first-order chi connectivity index (χ1) is 14.1. The lowest BCUT2D eigenvalue weighted by atomic mass is 9.90. The standard InChI is InChI=1S/C24H26O4S/c25-13-18-10-17(26)11-23(28-18)21-9-16(20(12-22(21)27)14-5-6-14)8-19-7-15-3-1-2-4-24(15)29-19/h1-4,7,9,12,14,17-18,23,25-27H,5-6,8,10-11,13H2. The molecule has 5 heteroatoms. The van der Waals surface area contributed by atoms with Gasteiger partial charge in [0, 0.05) is 34.4 Å². The summed E-state index contributed by atoms with van der Waals surface area (Å²) in [5.74, 6) is 0.769. The van der Waals surface area contributed by atoms with Crippen molar-refractivity contribution in [2.24, 2.45) is 0 Å². The zero-order chi connectivity index (χ0) is 20.0. The van der Waals surface area contributed by atoms with Crippen molar-refractivity contribution < 1.29 is 20.1 Å². The molecule has 5 rings (SSSR count). The second kappa shape index (κ2) is 7.73. The highest BCUT2D eigenvalue weighted by Crippen LogP contribution is 2.46. The van der Waals surface area contributed by atoms with Gasteiger partial charge in [-0.05, 0) is 59.5 Å². The summed E-state index contributed by atoms with van der Waals surface area (Å²) < 4.78 is 7.27. The van der Waals surface area contributed by atoms with Gasteiger partial charge in [0.1, 0.15) is 5.75 Å². The lowest BCUT2D eigenvalue weighted by Crippen LogP contribution is -2.33. The number of hydrogen-bond acceptors (Lipinski definition) is 5. The van der Waals surface area contributed by atoms with Crippen LogP contribution in [0.3, 0.4) is 0 Å².